The number of hydrogen-bond donors (Lipinski definition) is 2. The van der Waals surface area contributed by atoms with E-state index in [1.807, 2.05) is 86.6 Å². The largest absolute Gasteiger partial charge is 0.323 e. The summed E-state index contributed by atoms with van der Waals surface area (Å²) in [5.41, 5.74) is 7.02. The molecule has 0 radical (unpaired) electrons. The summed E-state index contributed by atoms with van der Waals surface area (Å²) in [4.78, 5) is 21.5. The smallest absolute Gasteiger partial charge is 0.307 e. The first kappa shape index (κ1) is 19.3. The zero-order valence-corrected chi connectivity index (χ0v) is 16.9. The zero-order chi connectivity index (χ0) is 20.9. The van der Waals surface area contributed by atoms with Crippen molar-refractivity contribution >= 4 is 17.4 Å². The quantitative estimate of drug-likeness (QED) is 0.441. The Morgan fingerprint density at radius 1 is 0.733 bits per heavy atom. The van der Waals surface area contributed by atoms with Crippen LogP contribution < -0.4 is 10.6 Å². The molecular formula is C25H22N4O. The average Bonchev–Trinajstić information content (AvgIpc) is 2.78. The van der Waals surface area contributed by atoms with Gasteiger partial charge in [0.2, 0.25) is 0 Å². The number of urea groups is 1. The predicted molar refractivity (Wildman–Crippen MR) is 121 cm³/mol. The molecule has 2 amide bonds. The number of rotatable bonds is 4. The van der Waals surface area contributed by atoms with Crippen molar-refractivity contribution in [1.29, 1.82) is 0 Å². The molecule has 5 nitrogen and oxygen atoms in total. The van der Waals surface area contributed by atoms with Gasteiger partial charge in [0.15, 0.2) is 0 Å². The van der Waals surface area contributed by atoms with Crippen LogP contribution in [0.4, 0.5) is 16.2 Å². The van der Waals surface area contributed by atoms with Crippen LogP contribution in [0.2, 0.25) is 0 Å². The van der Waals surface area contributed by atoms with Crippen molar-refractivity contribution in [3.63, 3.8) is 0 Å². The maximum atomic E-state index is 12.7. The highest BCUT2D eigenvalue weighted by atomic mass is 16.2. The van der Waals surface area contributed by atoms with Gasteiger partial charge in [-0.05, 0) is 49.2 Å². The Morgan fingerprint density at radius 2 is 1.47 bits per heavy atom. The fourth-order valence-corrected chi connectivity index (χ4v) is 3.34. The standard InChI is InChI=1S/C25H22N4O/c1-17-8-7-9-18(2)24(17)29-25(30)28-21-11-4-3-10-20(21)19-13-14-23(27-16-19)22-12-5-6-15-26-22/h3-16H,1-2H3,(H2,28,29,30). The minimum Gasteiger partial charge on any atom is -0.307 e. The number of para-hydroxylation sites is 2. The lowest BCUT2D eigenvalue weighted by Crippen LogP contribution is -2.21. The highest BCUT2D eigenvalue weighted by Gasteiger charge is 2.11. The van der Waals surface area contributed by atoms with E-state index < -0.39 is 0 Å². The van der Waals surface area contributed by atoms with Gasteiger partial charge in [-0.25, -0.2) is 4.79 Å². The maximum absolute atomic E-state index is 12.7. The van der Waals surface area contributed by atoms with Crippen molar-refractivity contribution in [2.24, 2.45) is 0 Å². The molecule has 2 heterocycles. The molecule has 0 spiro atoms. The molecule has 0 unspecified atom stereocenters. The van der Waals surface area contributed by atoms with Gasteiger partial charge in [-0.15, -0.1) is 0 Å². The van der Waals surface area contributed by atoms with E-state index in [-0.39, 0.29) is 6.03 Å². The zero-order valence-electron chi connectivity index (χ0n) is 16.9. The molecule has 30 heavy (non-hydrogen) atoms. The van der Waals surface area contributed by atoms with Gasteiger partial charge in [0.25, 0.3) is 0 Å². The summed E-state index contributed by atoms with van der Waals surface area (Å²) in [5.74, 6) is 0. The number of aryl methyl sites for hydroxylation is 2. The molecule has 2 N–H and O–H groups in total. The number of amides is 2. The third-order valence-electron chi connectivity index (χ3n) is 4.90. The Balaban J connectivity index is 1.56. The Hall–Kier alpha value is -3.99. The maximum Gasteiger partial charge on any atom is 0.323 e. The highest BCUT2D eigenvalue weighted by Crippen LogP contribution is 2.29. The van der Waals surface area contributed by atoms with Crippen molar-refractivity contribution in [1.82, 2.24) is 9.97 Å². The van der Waals surface area contributed by atoms with Gasteiger partial charge >= 0.3 is 6.03 Å². The van der Waals surface area contributed by atoms with Crippen LogP contribution in [0, 0.1) is 13.8 Å². The van der Waals surface area contributed by atoms with Crippen molar-refractivity contribution in [2.75, 3.05) is 10.6 Å². The normalized spacial score (nSPS) is 10.5. The molecule has 0 atom stereocenters. The summed E-state index contributed by atoms with van der Waals surface area (Å²) >= 11 is 0. The molecule has 148 valence electrons. The van der Waals surface area contributed by atoms with E-state index in [1.165, 1.54) is 0 Å². The molecule has 5 heteroatoms. The van der Waals surface area contributed by atoms with Gasteiger partial charge in [-0.1, -0.05) is 48.5 Å². The SMILES string of the molecule is Cc1cccc(C)c1NC(=O)Nc1ccccc1-c1ccc(-c2ccccn2)nc1. The van der Waals surface area contributed by atoms with E-state index in [0.29, 0.717) is 5.69 Å². The summed E-state index contributed by atoms with van der Waals surface area (Å²) in [6.07, 6.45) is 3.55. The van der Waals surface area contributed by atoms with Crippen LogP contribution in [0.15, 0.2) is 85.2 Å². The van der Waals surface area contributed by atoms with Crippen LogP contribution in [-0.2, 0) is 0 Å². The molecule has 0 aliphatic heterocycles. The summed E-state index contributed by atoms with van der Waals surface area (Å²) in [6.45, 7) is 3.96. The molecule has 2 aromatic heterocycles. The minimum absolute atomic E-state index is 0.280. The second kappa shape index (κ2) is 8.57. The summed E-state index contributed by atoms with van der Waals surface area (Å²) in [7, 11) is 0. The Labute approximate surface area is 175 Å². The Morgan fingerprint density at radius 3 is 2.17 bits per heavy atom. The van der Waals surface area contributed by atoms with Crippen LogP contribution >= 0.6 is 0 Å². The van der Waals surface area contributed by atoms with E-state index in [1.54, 1.807) is 12.4 Å². The molecule has 0 saturated heterocycles. The molecule has 0 aliphatic carbocycles. The van der Waals surface area contributed by atoms with Gasteiger partial charge in [0, 0.05) is 29.2 Å². The highest BCUT2D eigenvalue weighted by molar-refractivity contribution is 6.03. The molecular weight excluding hydrogens is 372 g/mol. The topological polar surface area (TPSA) is 66.9 Å². The number of benzene rings is 2. The molecule has 0 bridgehead atoms. The lowest BCUT2D eigenvalue weighted by atomic mass is 10.0. The number of aromatic nitrogens is 2. The van der Waals surface area contributed by atoms with Gasteiger partial charge < -0.3 is 10.6 Å². The van der Waals surface area contributed by atoms with Gasteiger partial charge in [0.05, 0.1) is 17.1 Å². The van der Waals surface area contributed by atoms with Crippen molar-refractivity contribution < 1.29 is 4.79 Å². The predicted octanol–water partition coefficient (Wildman–Crippen LogP) is 6.07. The number of hydrogen-bond acceptors (Lipinski definition) is 3. The second-order valence-electron chi connectivity index (χ2n) is 7.04. The van der Waals surface area contributed by atoms with Crippen molar-refractivity contribution in [3.05, 3.63) is 96.3 Å². The number of pyridine rings is 2. The molecule has 0 fully saturated rings. The Kier molecular flexibility index (Phi) is 5.52. The summed E-state index contributed by atoms with van der Waals surface area (Å²) < 4.78 is 0. The lowest BCUT2D eigenvalue weighted by Gasteiger charge is -2.15. The monoisotopic (exact) mass is 394 g/mol. The summed E-state index contributed by atoms with van der Waals surface area (Å²) in [5, 5.41) is 5.93. The van der Waals surface area contributed by atoms with Crippen LogP contribution in [0.25, 0.3) is 22.5 Å². The van der Waals surface area contributed by atoms with E-state index >= 15 is 0 Å². The minimum atomic E-state index is -0.280. The van der Waals surface area contributed by atoms with Gasteiger partial charge in [0.1, 0.15) is 0 Å². The molecule has 0 aliphatic rings. The van der Waals surface area contributed by atoms with Crippen LogP contribution in [0.5, 0.6) is 0 Å². The Bertz CT molecular complexity index is 1150. The molecule has 4 aromatic rings. The average molecular weight is 394 g/mol. The third-order valence-corrected chi connectivity index (χ3v) is 4.90. The van der Waals surface area contributed by atoms with Crippen LogP contribution in [0.1, 0.15) is 11.1 Å². The first-order chi connectivity index (χ1) is 14.6. The fraction of sp³-hybridized carbons (Fsp3) is 0.0800. The van der Waals surface area contributed by atoms with Crippen LogP contribution in [0.3, 0.4) is 0 Å². The third kappa shape index (κ3) is 4.20. The number of anilines is 2. The van der Waals surface area contributed by atoms with E-state index in [2.05, 4.69) is 20.6 Å². The number of carbonyl (C=O) groups is 1. The van der Waals surface area contributed by atoms with Gasteiger partial charge in [-0.3, -0.25) is 9.97 Å². The second-order valence-corrected chi connectivity index (χ2v) is 7.04. The fourth-order valence-electron chi connectivity index (χ4n) is 3.34. The summed E-state index contributed by atoms with van der Waals surface area (Å²) in [6, 6.07) is 23.0. The van der Waals surface area contributed by atoms with Gasteiger partial charge in [-0.2, -0.15) is 0 Å². The first-order valence-corrected chi connectivity index (χ1v) is 9.73. The van der Waals surface area contributed by atoms with Crippen molar-refractivity contribution in [2.45, 2.75) is 13.8 Å². The number of nitrogens with zero attached hydrogens (tertiary/aromatic N) is 2. The first-order valence-electron chi connectivity index (χ1n) is 9.73. The number of nitrogens with one attached hydrogen (secondary N) is 2. The lowest BCUT2D eigenvalue weighted by molar-refractivity contribution is 0.262. The van der Waals surface area contributed by atoms with Crippen LogP contribution in [-0.4, -0.2) is 16.0 Å². The number of carbonyl (C=O) groups excluding carboxylic acids is 1. The van der Waals surface area contributed by atoms with E-state index in [4.69, 9.17) is 0 Å². The molecule has 4 rings (SSSR count). The van der Waals surface area contributed by atoms with E-state index in [0.717, 1.165) is 39.3 Å². The molecule has 0 saturated carbocycles. The molecule has 2 aromatic carbocycles. The van der Waals surface area contributed by atoms with Crippen molar-refractivity contribution in [3.8, 4) is 22.5 Å². The van der Waals surface area contributed by atoms with E-state index in [9.17, 15) is 4.79 Å².